The highest BCUT2D eigenvalue weighted by atomic mass is 16.5. The highest BCUT2D eigenvalue weighted by molar-refractivity contribution is 5.75. The summed E-state index contributed by atoms with van der Waals surface area (Å²) in [6, 6.07) is -0.622. The van der Waals surface area contributed by atoms with Gasteiger partial charge in [-0.05, 0) is 6.42 Å². The summed E-state index contributed by atoms with van der Waals surface area (Å²) >= 11 is 0. The molecule has 16 heavy (non-hydrogen) atoms. The molecule has 0 aromatic rings. The van der Waals surface area contributed by atoms with Gasteiger partial charge in [-0.25, -0.2) is 0 Å². The van der Waals surface area contributed by atoms with Crippen molar-refractivity contribution in [3.63, 3.8) is 0 Å². The van der Waals surface area contributed by atoms with Crippen LogP contribution in [0.3, 0.4) is 0 Å². The van der Waals surface area contributed by atoms with E-state index in [0.717, 1.165) is 25.7 Å². The normalized spacial score (nSPS) is 14.5. The summed E-state index contributed by atoms with van der Waals surface area (Å²) in [7, 11) is 0. The van der Waals surface area contributed by atoms with Crippen LogP contribution in [0.5, 0.6) is 0 Å². The summed E-state index contributed by atoms with van der Waals surface area (Å²) in [5, 5.41) is 17.5. The molecule has 0 fully saturated rings. The summed E-state index contributed by atoms with van der Waals surface area (Å²) < 4.78 is 4.74. The van der Waals surface area contributed by atoms with Gasteiger partial charge in [-0.2, -0.15) is 0 Å². The van der Waals surface area contributed by atoms with Crippen molar-refractivity contribution in [2.45, 2.75) is 51.2 Å². The number of hydrogen-bond acceptors (Lipinski definition) is 5. The highest BCUT2D eigenvalue weighted by Crippen LogP contribution is 2.05. The second-order valence-electron chi connectivity index (χ2n) is 3.92. The average Bonchev–Trinajstić information content (AvgIpc) is 2.30. The summed E-state index contributed by atoms with van der Waals surface area (Å²) in [5.74, 6) is -0.510. The van der Waals surface area contributed by atoms with Crippen molar-refractivity contribution in [3.8, 4) is 0 Å². The second-order valence-corrected chi connectivity index (χ2v) is 3.92. The van der Waals surface area contributed by atoms with Gasteiger partial charge in [0, 0.05) is 0 Å². The fraction of sp³-hybridized carbons (Fsp3) is 0.909. The number of aliphatic hydroxyl groups is 2. The van der Waals surface area contributed by atoms with Crippen LogP contribution in [0, 0.1) is 0 Å². The van der Waals surface area contributed by atoms with E-state index in [1.165, 1.54) is 0 Å². The van der Waals surface area contributed by atoms with E-state index in [1.54, 1.807) is 0 Å². The Morgan fingerprint density at radius 3 is 2.62 bits per heavy atom. The predicted molar refractivity (Wildman–Crippen MR) is 60.8 cm³/mol. The first kappa shape index (κ1) is 15.3. The summed E-state index contributed by atoms with van der Waals surface area (Å²) in [4.78, 5) is 11.3. The molecule has 5 nitrogen and oxygen atoms in total. The third-order valence-corrected chi connectivity index (χ3v) is 2.30. The molecule has 96 valence electrons. The Morgan fingerprint density at radius 2 is 2.06 bits per heavy atom. The number of unbranched alkanes of at least 4 members (excludes halogenated alkanes) is 3. The van der Waals surface area contributed by atoms with Crippen LogP contribution in [0.1, 0.15) is 39.0 Å². The molecule has 0 aromatic heterocycles. The number of hydrogen-bond donors (Lipinski definition) is 3. The molecule has 0 radical (unpaired) electrons. The SMILES string of the molecule is CCCCCCC(N)C(=O)OCC(O)CO. The third-order valence-electron chi connectivity index (χ3n) is 2.30. The molecule has 4 N–H and O–H groups in total. The lowest BCUT2D eigenvalue weighted by Gasteiger charge is -2.13. The van der Waals surface area contributed by atoms with Gasteiger partial charge >= 0.3 is 5.97 Å². The van der Waals surface area contributed by atoms with E-state index in [0.29, 0.717) is 6.42 Å². The first-order chi connectivity index (χ1) is 7.61. The summed E-state index contributed by atoms with van der Waals surface area (Å²) in [6.07, 6.45) is 3.85. The lowest BCUT2D eigenvalue weighted by atomic mass is 10.1. The lowest BCUT2D eigenvalue weighted by molar-refractivity contribution is -0.149. The molecule has 0 aliphatic heterocycles. The molecule has 2 atom stereocenters. The molecule has 0 bridgehead atoms. The molecule has 0 aromatic carbocycles. The number of ether oxygens (including phenoxy) is 1. The van der Waals surface area contributed by atoms with E-state index in [4.69, 9.17) is 20.7 Å². The van der Waals surface area contributed by atoms with Gasteiger partial charge in [-0.1, -0.05) is 32.6 Å². The van der Waals surface area contributed by atoms with Gasteiger partial charge < -0.3 is 20.7 Å². The maximum absolute atomic E-state index is 11.3. The minimum atomic E-state index is -1.02. The van der Waals surface area contributed by atoms with Gasteiger partial charge in [-0.15, -0.1) is 0 Å². The van der Waals surface area contributed by atoms with Crippen LogP contribution in [0.4, 0.5) is 0 Å². The Hall–Kier alpha value is -0.650. The number of rotatable bonds is 9. The number of esters is 1. The zero-order chi connectivity index (χ0) is 12.4. The minimum absolute atomic E-state index is 0.196. The predicted octanol–water partition coefficient (Wildman–Crippen LogP) is 0.180. The van der Waals surface area contributed by atoms with Gasteiger partial charge in [-0.3, -0.25) is 4.79 Å². The van der Waals surface area contributed by atoms with Crippen molar-refractivity contribution >= 4 is 5.97 Å². The van der Waals surface area contributed by atoms with Crippen molar-refractivity contribution in [1.29, 1.82) is 0 Å². The minimum Gasteiger partial charge on any atom is -0.462 e. The molecule has 5 heteroatoms. The van der Waals surface area contributed by atoms with Gasteiger partial charge in [0.1, 0.15) is 18.8 Å². The lowest BCUT2D eigenvalue weighted by Crippen LogP contribution is -2.34. The Kier molecular flexibility index (Phi) is 9.18. The topological polar surface area (TPSA) is 92.8 Å². The van der Waals surface area contributed by atoms with Crippen LogP contribution >= 0.6 is 0 Å². The Morgan fingerprint density at radius 1 is 1.38 bits per heavy atom. The summed E-state index contributed by atoms with van der Waals surface area (Å²) in [6.45, 7) is 1.50. The van der Waals surface area contributed by atoms with Gasteiger partial charge in [0.2, 0.25) is 0 Å². The van der Waals surface area contributed by atoms with Crippen LogP contribution < -0.4 is 5.73 Å². The van der Waals surface area contributed by atoms with Crippen LogP contribution in [0.2, 0.25) is 0 Å². The zero-order valence-electron chi connectivity index (χ0n) is 9.89. The first-order valence-corrected chi connectivity index (χ1v) is 5.83. The van der Waals surface area contributed by atoms with Gasteiger partial charge in [0.15, 0.2) is 0 Å². The van der Waals surface area contributed by atoms with Crippen molar-refractivity contribution in [3.05, 3.63) is 0 Å². The molecule has 0 amide bonds. The molecule has 0 heterocycles. The van der Waals surface area contributed by atoms with Crippen LogP contribution in [-0.2, 0) is 9.53 Å². The Labute approximate surface area is 96.6 Å². The number of carbonyl (C=O) groups excluding carboxylic acids is 1. The van der Waals surface area contributed by atoms with Crippen LogP contribution in [-0.4, -0.2) is 41.5 Å². The smallest absolute Gasteiger partial charge is 0.322 e. The van der Waals surface area contributed by atoms with E-state index in [-0.39, 0.29) is 6.61 Å². The monoisotopic (exact) mass is 233 g/mol. The maximum Gasteiger partial charge on any atom is 0.322 e. The van der Waals surface area contributed by atoms with Crippen LogP contribution in [0.15, 0.2) is 0 Å². The zero-order valence-corrected chi connectivity index (χ0v) is 9.89. The second kappa shape index (κ2) is 9.57. The van der Waals surface area contributed by atoms with Crippen molar-refractivity contribution in [1.82, 2.24) is 0 Å². The molecule has 0 spiro atoms. The standard InChI is InChI=1S/C11H23NO4/c1-2-3-4-5-6-10(12)11(15)16-8-9(14)7-13/h9-10,13-14H,2-8,12H2,1H3. The van der Waals surface area contributed by atoms with Crippen molar-refractivity contribution < 1.29 is 19.7 Å². The van der Waals surface area contributed by atoms with E-state index in [2.05, 4.69) is 6.92 Å². The Balaban J connectivity index is 3.57. The number of carbonyl (C=O) groups is 1. The van der Waals surface area contributed by atoms with Gasteiger partial charge in [0.05, 0.1) is 6.61 Å². The molecule has 0 aliphatic rings. The molecule has 0 rings (SSSR count). The van der Waals surface area contributed by atoms with Gasteiger partial charge in [0.25, 0.3) is 0 Å². The van der Waals surface area contributed by atoms with E-state index in [9.17, 15) is 4.79 Å². The van der Waals surface area contributed by atoms with Crippen molar-refractivity contribution in [2.75, 3.05) is 13.2 Å². The quantitative estimate of drug-likeness (QED) is 0.390. The molecule has 2 unspecified atom stereocenters. The van der Waals surface area contributed by atoms with Crippen LogP contribution in [0.25, 0.3) is 0 Å². The largest absolute Gasteiger partial charge is 0.462 e. The maximum atomic E-state index is 11.3. The fourth-order valence-electron chi connectivity index (χ4n) is 1.25. The van der Waals surface area contributed by atoms with E-state index >= 15 is 0 Å². The van der Waals surface area contributed by atoms with E-state index < -0.39 is 24.7 Å². The summed E-state index contributed by atoms with van der Waals surface area (Å²) in [5.41, 5.74) is 5.61. The molecule has 0 saturated carbocycles. The van der Waals surface area contributed by atoms with Crippen molar-refractivity contribution in [2.24, 2.45) is 5.73 Å². The fourth-order valence-corrected chi connectivity index (χ4v) is 1.25. The number of nitrogens with two attached hydrogens (primary N) is 1. The molecular weight excluding hydrogens is 210 g/mol. The average molecular weight is 233 g/mol. The first-order valence-electron chi connectivity index (χ1n) is 5.83. The molecular formula is C11H23NO4. The van der Waals surface area contributed by atoms with E-state index in [1.807, 2.05) is 0 Å². The number of aliphatic hydroxyl groups excluding tert-OH is 2. The third kappa shape index (κ3) is 7.62. The Bertz CT molecular complexity index is 187. The molecule has 0 aliphatic carbocycles. The molecule has 0 saturated heterocycles. The highest BCUT2D eigenvalue weighted by Gasteiger charge is 2.15.